The molecule has 0 saturated heterocycles. The maximum Gasteiger partial charge on any atom is 0.408 e. The molecule has 0 aliphatic carbocycles. The van der Waals surface area contributed by atoms with Crippen molar-refractivity contribution in [2.75, 3.05) is 12.4 Å². The number of nitrogens with one attached hydrogen (secondary N) is 2. The molecular weight excluding hydrogens is 386 g/mol. The first kappa shape index (κ1) is 23.0. The van der Waals surface area contributed by atoms with Crippen LogP contribution >= 0.6 is 0 Å². The smallest absolute Gasteiger partial charge is 0.408 e. The maximum absolute atomic E-state index is 12.6. The van der Waals surface area contributed by atoms with Gasteiger partial charge < -0.3 is 24.8 Å². The van der Waals surface area contributed by atoms with Crippen molar-refractivity contribution in [1.29, 1.82) is 0 Å². The molecule has 30 heavy (non-hydrogen) atoms. The Morgan fingerprint density at radius 1 is 1.13 bits per heavy atom. The Morgan fingerprint density at radius 3 is 2.47 bits per heavy atom. The van der Waals surface area contributed by atoms with Gasteiger partial charge in [-0.2, -0.15) is 4.98 Å². The molecule has 1 atom stereocenters. The lowest BCUT2D eigenvalue weighted by Gasteiger charge is -2.22. The lowest BCUT2D eigenvalue weighted by Crippen LogP contribution is -2.45. The first-order chi connectivity index (χ1) is 14.1. The standard InChI is InChI=1S/C22H29N3O5/c1-7-17(23-21(27)30-22(3,4)5)20(26)25-18-9-8-10-19(24-18)29-16-12-14(2)11-15(13-16)28-6/h8-13,17H,7H2,1-6H3,(H,23,27)(H,24,25,26)/t17-/m1/s1. The molecule has 1 heterocycles. The van der Waals surface area contributed by atoms with Gasteiger partial charge in [-0.15, -0.1) is 0 Å². The fraction of sp³-hybridized carbons (Fsp3) is 0.409. The molecule has 0 saturated carbocycles. The molecule has 8 nitrogen and oxygen atoms in total. The first-order valence-electron chi connectivity index (χ1n) is 9.70. The molecule has 0 aliphatic heterocycles. The van der Waals surface area contributed by atoms with E-state index in [1.807, 2.05) is 19.1 Å². The van der Waals surface area contributed by atoms with Crippen LogP contribution in [0, 0.1) is 6.92 Å². The molecule has 1 aromatic carbocycles. The minimum absolute atomic E-state index is 0.307. The minimum Gasteiger partial charge on any atom is -0.497 e. The van der Waals surface area contributed by atoms with Crippen LogP contribution in [-0.4, -0.2) is 35.7 Å². The van der Waals surface area contributed by atoms with Crippen LogP contribution in [-0.2, 0) is 9.53 Å². The predicted octanol–water partition coefficient (Wildman–Crippen LogP) is 4.43. The highest BCUT2D eigenvalue weighted by Crippen LogP contribution is 2.26. The lowest BCUT2D eigenvalue weighted by atomic mass is 10.2. The van der Waals surface area contributed by atoms with Gasteiger partial charge in [-0.25, -0.2) is 4.79 Å². The van der Waals surface area contributed by atoms with E-state index in [0.29, 0.717) is 29.6 Å². The van der Waals surface area contributed by atoms with E-state index in [1.165, 1.54) is 0 Å². The number of hydrogen-bond acceptors (Lipinski definition) is 6. The number of rotatable bonds is 7. The third-order valence-corrected chi connectivity index (χ3v) is 3.87. The summed E-state index contributed by atoms with van der Waals surface area (Å²) in [6.07, 6.45) is -0.257. The van der Waals surface area contributed by atoms with E-state index in [1.54, 1.807) is 59.1 Å². The Balaban J connectivity index is 2.05. The van der Waals surface area contributed by atoms with Crippen LogP contribution in [0.25, 0.3) is 0 Å². The maximum atomic E-state index is 12.6. The van der Waals surface area contributed by atoms with Gasteiger partial charge in [-0.05, 0) is 57.9 Å². The summed E-state index contributed by atoms with van der Waals surface area (Å²) in [7, 11) is 1.59. The van der Waals surface area contributed by atoms with Crippen molar-refractivity contribution in [2.45, 2.75) is 52.7 Å². The van der Waals surface area contributed by atoms with Gasteiger partial charge in [0.15, 0.2) is 0 Å². The lowest BCUT2D eigenvalue weighted by molar-refractivity contribution is -0.118. The number of ether oxygens (including phenoxy) is 3. The van der Waals surface area contributed by atoms with Crippen molar-refractivity contribution in [2.24, 2.45) is 0 Å². The van der Waals surface area contributed by atoms with Crippen molar-refractivity contribution in [3.8, 4) is 17.4 Å². The number of carbonyl (C=O) groups is 2. The second kappa shape index (κ2) is 9.96. The predicted molar refractivity (Wildman–Crippen MR) is 114 cm³/mol. The molecule has 2 amide bonds. The summed E-state index contributed by atoms with van der Waals surface area (Å²) >= 11 is 0. The molecular formula is C22H29N3O5. The highest BCUT2D eigenvalue weighted by atomic mass is 16.6. The van der Waals surface area contributed by atoms with Gasteiger partial charge in [0.25, 0.3) is 0 Å². The number of methoxy groups -OCH3 is 1. The van der Waals surface area contributed by atoms with Crippen molar-refractivity contribution in [1.82, 2.24) is 10.3 Å². The molecule has 8 heteroatoms. The zero-order valence-corrected chi connectivity index (χ0v) is 18.2. The molecule has 0 fully saturated rings. The largest absolute Gasteiger partial charge is 0.497 e. The van der Waals surface area contributed by atoms with Crippen LogP contribution in [0.15, 0.2) is 36.4 Å². The average molecular weight is 415 g/mol. The number of nitrogens with zero attached hydrogens (tertiary/aromatic N) is 1. The number of benzene rings is 1. The number of alkyl carbamates (subject to hydrolysis) is 1. The zero-order chi connectivity index (χ0) is 22.3. The normalized spacial score (nSPS) is 11.9. The van der Waals surface area contributed by atoms with E-state index >= 15 is 0 Å². The average Bonchev–Trinajstić information content (AvgIpc) is 2.64. The van der Waals surface area contributed by atoms with Crippen LogP contribution in [0.2, 0.25) is 0 Å². The number of aromatic nitrogens is 1. The Bertz CT molecular complexity index is 893. The Kier molecular flexibility index (Phi) is 7.63. The fourth-order valence-electron chi connectivity index (χ4n) is 2.57. The first-order valence-corrected chi connectivity index (χ1v) is 9.70. The van der Waals surface area contributed by atoms with Gasteiger partial charge in [0.05, 0.1) is 7.11 Å². The summed E-state index contributed by atoms with van der Waals surface area (Å²) in [6.45, 7) is 8.99. The SMILES string of the molecule is CC[C@@H](NC(=O)OC(C)(C)C)C(=O)Nc1cccc(Oc2cc(C)cc(OC)c2)n1. The summed E-state index contributed by atoms with van der Waals surface area (Å²) in [5, 5.41) is 5.27. The van der Waals surface area contributed by atoms with E-state index in [4.69, 9.17) is 14.2 Å². The monoisotopic (exact) mass is 415 g/mol. The number of aryl methyl sites for hydroxylation is 1. The molecule has 2 N–H and O–H groups in total. The third-order valence-electron chi connectivity index (χ3n) is 3.87. The van der Waals surface area contributed by atoms with Crippen LogP contribution in [0.3, 0.4) is 0 Å². The van der Waals surface area contributed by atoms with Crippen LogP contribution in [0.1, 0.15) is 39.7 Å². The molecule has 2 aromatic rings. The molecule has 0 bridgehead atoms. The minimum atomic E-state index is -0.757. The van der Waals surface area contributed by atoms with Gasteiger partial charge >= 0.3 is 6.09 Å². The van der Waals surface area contributed by atoms with Gasteiger partial charge in [-0.1, -0.05) is 13.0 Å². The third kappa shape index (κ3) is 7.27. The Hall–Kier alpha value is -3.29. The molecule has 0 unspecified atom stereocenters. The molecule has 2 rings (SSSR count). The van der Waals surface area contributed by atoms with Gasteiger partial charge in [0, 0.05) is 12.1 Å². The van der Waals surface area contributed by atoms with E-state index in [9.17, 15) is 9.59 Å². The van der Waals surface area contributed by atoms with Gasteiger partial charge in [0.2, 0.25) is 11.8 Å². The molecule has 0 radical (unpaired) electrons. The fourth-order valence-corrected chi connectivity index (χ4v) is 2.57. The summed E-state index contributed by atoms with van der Waals surface area (Å²) in [4.78, 5) is 28.8. The van der Waals surface area contributed by atoms with Crippen molar-refractivity contribution in [3.63, 3.8) is 0 Å². The Morgan fingerprint density at radius 2 is 1.83 bits per heavy atom. The van der Waals surface area contributed by atoms with Crippen LogP contribution in [0.5, 0.6) is 17.4 Å². The highest BCUT2D eigenvalue weighted by Gasteiger charge is 2.23. The van der Waals surface area contributed by atoms with Crippen LogP contribution < -0.4 is 20.1 Å². The quantitative estimate of drug-likeness (QED) is 0.694. The zero-order valence-electron chi connectivity index (χ0n) is 18.2. The summed E-state index contributed by atoms with van der Waals surface area (Å²) in [6, 6.07) is 9.77. The molecule has 0 aliphatic rings. The van der Waals surface area contributed by atoms with E-state index in [2.05, 4.69) is 15.6 Å². The Labute approximate surface area is 176 Å². The van der Waals surface area contributed by atoms with E-state index in [-0.39, 0.29) is 0 Å². The summed E-state index contributed by atoms with van der Waals surface area (Å²) < 4.78 is 16.3. The van der Waals surface area contributed by atoms with Crippen molar-refractivity contribution in [3.05, 3.63) is 42.0 Å². The second-order valence-electron chi connectivity index (χ2n) is 7.75. The molecule has 162 valence electrons. The second-order valence-corrected chi connectivity index (χ2v) is 7.75. The van der Waals surface area contributed by atoms with Crippen LogP contribution in [0.4, 0.5) is 10.6 Å². The summed E-state index contributed by atoms with van der Waals surface area (Å²) in [5.41, 5.74) is 0.331. The molecule has 1 aromatic heterocycles. The van der Waals surface area contributed by atoms with E-state index in [0.717, 1.165) is 5.56 Å². The number of carbonyl (C=O) groups excluding carboxylic acids is 2. The topological polar surface area (TPSA) is 98.8 Å². The van der Waals surface area contributed by atoms with Crippen molar-refractivity contribution >= 4 is 17.8 Å². The number of pyridine rings is 1. The van der Waals surface area contributed by atoms with Gasteiger partial charge in [0.1, 0.15) is 29.0 Å². The summed E-state index contributed by atoms with van der Waals surface area (Å²) in [5.74, 6) is 1.47. The highest BCUT2D eigenvalue weighted by molar-refractivity contribution is 5.95. The van der Waals surface area contributed by atoms with E-state index < -0.39 is 23.6 Å². The van der Waals surface area contributed by atoms with Gasteiger partial charge in [-0.3, -0.25) is 4.79 Å². The van der Waals surface area contributed by atoms with Crippen molar-refractivity contribution < 1.29 is 23.8 Å². The molecule has 0 spiro atoms. The number of anilines is 1. The number of amides is 2. The number of hydrogen-bond donors (Lipinski definition) is 2.